The van der Waals surface area contributed by atoms with Gasteiger partial charge in [0.25, 0.3) is 8.53 Å². The van der Waals surface area contributed by atoms with Crippen molar-refractivity contribution >= 4 is 8.53 Å². The van der Waals surface area contributed by atoms with Crippen molar-refractivity contribution in [1.82, 2.24) is 4.67 Å². The van der Waals surface area contributed by atoms with E-state index in [9.17, 15) is 0 Å². The summed E-state index contributed by atoms with van der Waals surface area (Å²) in [5.41, 5.74) is 0. The van der Waals surface area contributed by atoms with Gasteiger partial charge in [-0.25, -0.2) is 4.67 Å². The SMILES string of the molecule is CCCCCC(CC)OP(OC)N(C(C)C)C(C)C. The third-order valence-electron chi connectivity index (χ3n) is 3.23. The van der Waals surface area contributed by atoms with Crippen molar-refractivity contribution in [3.63, 3.8) is 0 Å². The van der Waals surface area contributed by atoms with Crippen molar-refractivity contribution in [1.29, 1.82) is 0 Å². The maximum Gasteiger partial charge on any atom is 0.259 e. The van der Waals surface area contributed by atoms with Crippen molar-refractivity contribution in [3.8, 4) is 0 Å². The van der Waals surface area contributed by atoms with Crippen LogP contribution in [0.4, 0.5) is 0 Å². The van der Waals surface area contributed by atoms with Gasteiger partial charge in [-0.3, -0.25) is 0 Å². The van der Waals surface area contributed by atoms with Crippen molar-refractivity contribution in [2.45, 2.75) is 91.8 Å². The highest BCUT2D eigenvalue weighted by Gasteiger charge is 2.28. The molecular weight excluding hydrogens is 257 g/mol. The van der Waals surface area contributed by atoms with Crippen molar-refractivity contribution in [2.75, 3.05) is 7.11 Å². The van der Waals surface area contributed by atoms with E-state index in [0.717, 1.165) is 12.8 Å². The molecule has 4 heteroatoms. The zero-order chi connectivity index (χ0) is 14.8. The lowest BCUT2D eigenvalue weighted by atomic mass is 10.1. The molecule has 0 bridgehead atoms. The first kappa shape index (κ1) is 19.3. The Labute approximate surface area is 122 Å². The van der Waals surface area contributed by atoms with Crippen LogP contribution < -0.4 is 0 Å². The van der Waals surface area contributed by atoms with Crippen LogP contribution in [0.3, 0.4) is 0 Å². The van der Waals surface area contributed by atoms with E-state index in [1.54, 1.807) is 7.11 Å². The van der Waals surface area contributed by atoms with Gasteiger partial charge in [-0.1, -0.05) is 33.1 Å². The molecule has 0 aromatic heterocycles. The number of unbranched alkanes of at least 4 members (excludes halogenated alkanes) is 2. The summed E-state index contributed by atoms with van der Waals surface area (Å²) in [5.74, 6) is 0. The third kappa shape index (κ3) is 7.60. The lowest BCUT2D eigenvalue weighted by Gasteiger charge is -2.36. The number of rotatable bonds is 11. The molecule has 0 heterocycles. The fourth-order valence-corrected chi connectivity index (χ4v) is 3.89. The number of nitrogens with zero attached hydrogens (tertiary/aromatic N) is 1. The van der Waals surface area contributed by atoms with Gasteiger partial charge in [0.2, 0.25) is 0 Å². The standard InChI is InChI=1S/C15H34NO2P/c1-8-10-11-12-15(9-2)18-19(17-7)16(13(3)4)14(5)6/h13-15H,8-12H2,1-7H3. The predicted molar refractivity (Wildman–Crippen MR) is 85.3 cm³/mol. The van der Waals surface area contributed by atoms with Gasteiger partial charge in [0.05, 0.1) is 6.10 Å². The van der Waals surface area contributed by atoms with Gasteiger partial charge in [-0.15, -0.1) is 0 Å². The quantitative estimate of drug-likeness (QED) is 0.378. The molecule has 2 atom stereocenters. The molecule has 19 heavy (non-hydrogen) atoms. The maximum absolute atomic E-state index is 6.25. The Morgan fingerprint density at radius 1 is 1.00 bits per heavy atom. The molecule has 0 saturated carbocycles. The molecule has 0 N–H and O–H groups in total. The van der Waals surface area contributed by atoms with Crippen LogP contribution in [0, 0.1) is 0 Å². The van der Waals surface area contributed by atoms with Crippen LogP contribution in [-0.4, -0.2) is 30.0 Å². The first-order chi connectivity index (χ1) is 8.97. The smallest absolute Gasteiger partial charge is 0.259 e. The molecule has 0 aromatic rings. The van der Waals surface area contributed by atoms with Crippen LogP contribution in [0.15, 0.2) is 0 Å². The largest absolute Gasteiger partial charge is 0.325 e. The Balaban J connectivity index is 4.47. The minimum absolute atomic E-state index is 0.331. The summed E-state index contributed by atoms with van der Waals surface area (Å²) in [6, 6.07) is 0.887. The molecule has 0 rings (SSSR count). The van der Waals surface area contributed by atoms with E-state index in [-0.39, 0.29) is 0 Å². The van der Waals surface area contributed by atoms with Gasteiger partial charge < -0.3 is 9.05 Å². The minimum atomic E-state index is -0.933. The van der Waals surface area contributed by atoms with E-state index in [1.165, 1.54) is 19.3 Å². The summed E-state index contributed by atoms with van der Waals surface area (Å²) in [5, 5.41) is 0. The van der Waals surface area contributed by atoms with Crippen molar-refractivity contribution < 1.29 is 9.05 Å². The average molecular weight is 291 g/mol. The highest BCUT2D eigenvalue weighted by atomic mass is 31.2. The van der Waals surface area contributed by atoms with Gasteiger partial charge in [-0.2, -0.15) is 0 Å². The Kier molecular flexibility index (Phi) is 11.2. The summed E-state index contributed by atoms with van der Waals surface area (Å²) in [6.45, 7) is 13.3. The van der Waals surface area contributed by atoms with E-state index < -0.39 is 8.53 Å². The van der Waals surface area contributed by atoms with Gasteiger partial charge in [0, 0.05) is 19.2 Å². The van der Waals surface area contributed by atoms with Gasteiger partial charge in [-0.05, 0) is 40.5 Å². The van der Waals surface area contributed by atoms with Crippen LogP contribution in [0.5, 0.6) is 0 Å². The zero-order valence-electron chi connectivity index (χ0n) is 14.0. The molecule has 116 valence electrons. The summed E-state index contributed by atoms with van der Waals surface area (Å²) in [6.07, 6.45) is 6.36. The van der Waals surface area contributed by atoms with Crippen LogP contribution in [0.1, 0.15) is 73.6 Å². The highest BCUT2D eigenvalue weighted by Crippen LogP contribution is 2.47. The summed E-state index contributed by atoms with van der Waals surface area (Å²) >= 11 is 0. The van der Waals surface area contributed by atoms with E-state index in [4.69, 9.17) is 9.05 Å². The second-order valence-corrected chi connectivity index (χ2v) is 7.13. The monoisotopic (exact) mass is 291 g/mol. The summed E-state index contributed by atoms with van der Waals surface area (Å²) < 4.78 is 14.2. The van der Waals surface area contributed by atoms with Crippen LogP contribution in [-0.2, 0) is 9.05 Å². The lowest BCUT2D eigenvalue weighted by Crippen LogP contribution is -2.34. The molecule has 0 amide bonds. The highest BCUT2D eigenvalue weighted by molar-refractivity contribution is 7.44. The molecular formula is C15H34NO2P. The van der Waals surface area contributed by atoms with Crippen molar-refractivity contribution in [3.05, 3.63) is 0 Å². The van der Waals surface area contributed by atoms with Gasteiger partial charge in [0.1, 0.15) is 0 Å². The van der Waals surface area contributed by atoms with E-state index in [1.807, 2.05) is 0 Å². The van der Waals surface area contributed by atoms with Gasteiger partial charge in [0.15, 0.2) is 0 Å². The van der Waals surface area contributed by atoms with Gasteiger partial charge >= 0.3 is 0 Å². The molecule has 0 fully saturated rings. The third-order valence-corrected chi connectivity index (χ3v) is 5.32. The summed E-state index contributed by atoms with van der Waals surface area (Å²) in [7, 11) is 0.833. The Bertz CT molecular complexity index is 204. The van der Waals surface area contributed by atoms with E-state index >= 15 is 0 Å². The number of hydrogen-bond donors (Lipinski definition) is 0. The fourth-order valence-electron chi connectivity index (χ4n) is 2.25. The molecule has 0 spiro atoms. The second kappa shape index (κ2) is 11.0. The Morgan fingerprint density at radius 3 is 1.95 bits per heavy atom. The predicted octanol–water partition coefficient (Wildman–Crippen LogP) is 5.35. The summed E-state index contributed by atoms with van der Waals surface area (Å²) in [4.78, 5) is 0. The minimum Gasteiger partial charge on any atom is -0.325 e. The molecule has 0 aliphatic carbocycles. The van der Waals surface area contributed by atoms with Crippen LogP contribution >= 0.6 is 8.53 Å². The van der Waals surface area contributed by atoms with E-state index in [2.05, 4.69) is 46.2 Å². The average Bonchev–Trinajstić information content (AvgIpc) is 2.35. The molecule has 3 nitrogen and oxygen atoms in total. The molecule has 0 aliphatic rings. The topological polar surface area (TPSA) is 21.7 Å². The first-order valence-electron chi connectivity index (χ1n) is 7.77. The molecule has 0 aliphatic heterocycles. The Hall–Kier alpha value is 0.310. The second-order valence-electron chi connectivity index (χ2n) is 5.62. The fraction of sp³-hybridized carbons (Fsp3) is 1.00. The Morgan fingerprint density at radius 2 is 1.58 bits per heavy atom. The maximum atomic E-state index is 6.25. The normalized spacial score (nSPS) is 15.5. The first-order valence-corrected chi connectivity index (χ1v) is 8.90. The van der Waals surface area contributed by atoms with Crippen LogP contribution in [0.25, 0.3) is 0 Å². The lowest BCUT2D eigenvalue weighted by molar-refractivity contribution is 0.133. The molecule has 2 unspecified atom stereocenters. The van der Waals surface area contributed by atoms with E-state index in [0.29, 0.717) is 18.2 Å². The molecule has 0 aromatic carbocycles. The molecule has 0 radical (unpaired) electrons. The zero-order valence-corrected chi connectivity index (χ0v) is 14.9. The number of hydrogen-bond acceptors (Lipinski definition) is 3. The van der Waals surface area contributed by atoms with Crippen molar-refractivity contribution in [2.24, 2.45) is 0 Å². The molecule has 0 saturated heterocycles. The van der Waals surface area contributed by atoms with Crippen LogP contribution in [0.2, 0.25) is 0 Å².